The third kappa shape index (κ3) is 1.48. The lowest BCUT2D eigenvalue weighted by molar-refractivity contribution is 0.333. The minimum atomic E-state index is -0.0447. The van der Waals surface area contributed by atoms with Crippen LogP contribution in [0.15, 0.2) is 11.2 Å². The third-order valence-corrected chi connectivity index (χ3v) is 1.89. The van der Waals surface area contributed by atoms with Gasteiger partial charge in [-0.2, -0.15) is 0 Å². The smallest absolute Gasteiger partial charge is 0.205 e. The molecule has 1 rings (SSSR count). The zero-order valence-electron chi connectivity index (χ0n) is 8.20. The summed E-state index contributed by atoms with van der Waals surface area (Å²) in [4.78, 5) is 10.5. The van der Waals surface area contributed by atoms with Gasteiger partial charge in [0.25, 0.3) is 0 Å². The molecular weight excluding hydrogens is 186 g/mol. The molecule has 0 saturated carbocycles. The first-order valence-corrected chi connectivity index (χ1v) is 3.93. The van der Waals surface area contributed by atoms with Gasteiger partial charge in [-0.15, -0.1) is 4.91 Å². The number of aromatic hydroxyl groups is 1. The van der Waals surface area contributed by atoms with Crippen LogP contribution in [0.2, 0.25) is 0 Å². The topological polar surface area (TPSA) is 68.1 Å². The molecule has 76 valence electrons. The highest BCUT2D eigenvalue weighted by atomic mass is 16.5. The number of ether oxygens (including phenoxy) is 2. The fraction of sp³-hybridized carbons (Fsp3) is 0.333. The SMILES string of the molecule is COc1c(N=O)cc(C)c(O)c1OC. The number of hydrogen-bond donors (Lipinski definition) is 1. The largest absolute Gasteiger partial charge is 0.504 e. The van der Waals surface area contributed by atoms with Gasteiger partial charge in [-0.05, 0) is 23.7 Å². The van der Waals surface area contributed by atoms with Crippen LogP contribution in [0.25, 0.3) is 0 Å². The molecule has 0 aliphatic heterocycles. The number of phenolic OH excluding ortho intramolecular Hbond substituents is 1. The Morgan fingerprint density at radius 2 is 1.86 bits per heavy atom. The third-order valence-electron chi connectivity index (χ3n) is 1.89. The van der Waals surface area contributed by atoms with E-state index in [-0.39, 0.29) is 22.9 Å². The van der Waals surface area contributed by atoms with E-state index in [1.165, 1.54) is 20.3 Å². The van der Waals surface area contributed by atoms with Gasteiger partial charge in [0, 0.05) is 0 Å². The summed E-state index contributed by atoms with van der Waals surface area (Å²) in [7, 11) is 2.76. The Morgan fingerprint density at radius 3 is 2.29 bits per heavy atom. The molecule has 0 heterocycles. The lowest BCUT2D eigenvalue weighted by Crippen LogP contribution is -1.92. The van der Waals surface area contributed by atoms with Crippen molar-refractivity contribution < 1.29 is 14.6 Å². The molecule has 0 amide bonds. The lowest BCUT2D eigenvalue weighted by Gasteiger charge is -2.11. The van der Waals surface area contributed by atoms with Gasteiger partial charge in [-0.1, -0.05) is 0 Å². The molecule has 0 atom stereocenters. The number of phenols is 1. The molecule has 1 aromatic carbocycles. The number of aryl methyl sites for hydroxylation is 1. The van der Waals surface area contributed by atoms with E-state index in [4.69, 9.17) is 9.47 Å². The van der Waals surface area contributed by atoms with Gasteiger partial charge in [-0.25, -0.2) is 0 Å². The number of nitroso groups, excluding NO2 is 1. The van der Waals surface area contributed by atoms with Crippen molar-refractivity contribution in [3.8, 4) is 17.2 Å². The minimum absolute atomic E-state index is 0.0447. The summed E-state index contributed by atoms with van der Waals surface area (Å²) in [6, 6.07) is 1.43. The van der Waals surface area contributed by atoms with E-state index in [0.717, 1.165) is 0 Å². The molecule has 0 bridgehead atoms. The van der Waals surface area contributed by atoms with Crippen LogP contribution in [0.4, 0.5) is 5.69 Å². The minimum Gasteiger partial charge on any atom is -0.504 e. The highest BCUT2D eigenvalue weighted by molar-refractivity contribution is 5.67. The number of rotatable bonds is 3. The first-order chi connectivity index (χ1) is 6.65. The van der Waals surface area contributed by atoms with Crippen molar-refractivity contribution in [2.75, 3.05) is 14.2 Å². The van der Waals surface area contributed by atoms with Gasteiger partial charge in [0.2, 0.25) is 5.75 Å². The Bertz CT molecular complexity index is 362. The average molecular weight is 197 g/mol. The molecular formula is C9H11NO4. The van der Waals surface area contributed by atoms with Crippen LogP contribution in [0, 0.1) is 11.8 Å². The normalized spacial score (nSPS) is 9.64. The quantitative estimate of drug-likeness (QED) is 0.753. The summed E-state index contributed by atoms with van der Waals surface area (Å²) < 4.78 is 9.83. The lowest BCUT2D eigenvalue weighted by atomic mass is 10.1. The zero-order chi connectivity index (χ0) is 10.7. The molecule has 0 unspecified atom stereocenters. The average Bonchev–Trinajstić information content (AvgIpc) is 2.20. The van der Waals surface area contributed by atoms with Crippen molar-refractivity contribution in [3.63, 3.8) is 0 Å². The molecule has 0 aliphatic rings. The van der Waals surface area contributed by atoms with Crippen LogP contribution in [0.5, 0.6) is 17.2 Å². The van der Waals surface area contributed by atoms with E-state index < -0.39 is 0 Å². The van der Waals surface area contributed by atoms with E-state index in [1.807, 2.05) is 0 Å². The summed E-state index contributed by atoms with van der Waals surface area (Å²) in [6.07, 6.45) is 0. The van der Waals surface area contributed by atoms with Crippen molar-refractivity contribution in [1.82, 2.24) is 0 Å². The molecule has 1 N–H and O–H groups in total. The van der Waals surface area contributed by atoms with Gasteiger partial charge in [0.05, 0.1) is 14.2 Å². The molecule has 0 saturated heterocycles. The number of nitrogens with zero attached hydrogens (tertiary/aromatic N) is 1. The second-order valence-corrected chi connectivity index (χ2v) is 2.72. The highest BCUT2D eigenvalue weighted by Crippen LogP contribution is 2.45. The molecule has 14 heavy (non-hydrogen) atoms. The highest BCUT2D eigenvalue weighted by Gasteiger charge is 2.17. The van der Waals surface area contributed by atoms with E-state index in [2.05, 4.69) is 5.18 Å². The molecule has 5 heteroatoms. The molecule has 5 nitrogen and oxygen atoms in total. The van der Waals surface area contributed by atoms with Crippen LogP contribution in [0.1, 0.15) is 5.56 Å². The summed E-state index contributed by atoms with van der Waals surface area (Å²) in [5.41, 5.74) is 0.622. The van der Waals surface area contributed by atoms with E-state index >= 15 is 0 Å². The Balaban J connectivity index is 3.49. The van der Waals surface area contributed by atoms with Crippen molar-refractivity contribution in [3.05, 3.63) is 16.5 Å². The van der Waals surface area contributed by atoms with Crippen LogP contribution in [-0.4, -0.2) is 19.3 Å². The Kier molecular flexibility index (Phi) is 2.91. The predicted molar refractivity (Wildman–Crippen MR) is 51.4 cm³/mol. The van der Waals surface area contributed by atoms with Gasteiger partial charge in [0.1, 0.15) is 0 Å². The van der Waals surface area contributed by atoms with Gasteiger partial charge in [0.15, 0.2) is 17.2 Å². The maximum absolute atomic E-state index is 10.5. The number of hydrogen-bond acceptors (Lipinski definition) is 5. The Hall–Kier alpha value is -1.78. The van der Waals surface area contributed by atoms with Crippen molar-refractivity contribution >= 4 is 5.69 Å². The van der Waals surface area contributed by atoms with E-state index in [9.17, 15) is 10.0 Å². The number of methoxy groups -OCH3 is 2. The molecule has 0 aliphatic carbocycles. The monoisotopic (exact) mass is 197 g/mol. The summed E-state index contributed by atoms with van der Waals surface area (Å²) in [6.45, 7) is 1.64. The van der Waals surface area contributed by atoms with Crippen molar-refractivity contribution in [2.45, 2.75) is 6.92 Å². The predicted octanol–water partition coefficient (Wildman–Crippen LogP) is 2.12. The summed E-state index contributed by atoms with van der Waals surface area (Å²) in [5, 5.41) is 12.4. The molecule has 1 aromatic rings. The van der Waals surface area contributed by atoms with Crippen LogP contribution >= 0.6 is 0 Å². The Morgan fingerprint density at radius 1 is 1.29 bits per heavy atom. The van der Waals surface area contributed by atoms with Crippen molar-refractivity contribution in [1.29, 1.82) is 0 Å². The fourth-order valence-electron chi connectivity index (χ4n) is 1.20. The van der Waals surface area contributed by atoms with Gasteiger partial charge in [-0.3, -0.25) is 0 Å². The van der Waals surface area contributed by atoms with Crippen LogP contribution in [0.3, 0.4) is 0 Å². The van der Waals surface area contributed by atoms with Crippen molar-refractivity contribution in [2.24, 2.45) is 5.18 Å². The summed E-state index contributed by atoms with van der Waals surface area (Å²) in [5.74, 6) is 0.226. The summed E-state index contributed by atoms with van der Waals surface area (Å²) >= 11 is 0. The molecule has 0 aromatic heterocycles. The van der Waals surface area contributed by atoms with Crippen LogP contribution < -0.4 is 9.47 Å². The van der Waals surface area contributed by atoms with E-state index in [0.29, 0.717) is 5.56 Å². The molecule has 0 fully saturated rings. The molecule has 0 radical (unpaired) electrons. The second kappa shape index (κ2) is 3.95. The zero-order valence-corrected chi connectivity index (χ0v) is 8.20. The number of benzene rings is 1. The Labute approximate surface area is 81.2 Å². The van der Waals surface area contributed by atoms with E-state index in [1.54, 1.807) is 6.92 Å². The first-order valence-electron chi connectivity index (χ1n) is 3.93. The van der Waals surface area contributed by atoms with Crippen LogP contribution in [-0.2, 0) is 0 Å². The second-order valence-electron chi connectivity index (χ2n) is 2.72. The standard InChI is InChI=1S/C9H11NO4/c1-5-4-6(10-12)8(13-2)9(14-3)7(5)11/h4,11H,1-3H3. The fourth-order valence-corrected chi connectivity index (χ4v) is 1.20. The first kappa shape index (κ1) is 10.3. The maximum Gasteiger partial charge on any atom is 0.205 e. The maximum atomic E-state index is 10.5. The van der Waals surface area contributed by atoms with Gasteiger partial charge < -0.3 is 14.6 Å². The van der Waals surface area contributed by atoms with Gasteiger partial charge >= 0.3 is 0 Å². The molecule has 0 spiro atoms.